The second-order valence-electron chi connectivity index (χ2n) is 4.04. The van der Waals surface area contributed by atoms with E-state index in [1.807, 2.05) is 24.3 Å². The summed E-state index contributed by atoms with van der Waals surface area (Å²) in [5.41, 5.74) is 7.94. The van der Waals surface area contributed by atoms with Gasteiger partial charge in [-0.3, -0.25) is 0 Å². The van der Waals surface area contributed by atoms with E-state index in [4.69, 9.17) is 10.5 Å². The molecule has 0 bridgehead atoms. The predicted molar refractivity (Wildman–Crippen MR) is 85.8 cm³/mol. The standard InChI is InChI=1S/C14H12BrFINO/c1-19-13-7-12(16)11(15)6-10(13)14(18)8-2-4-9(17)5-3-8/h2-7,14H,18H2,1H3. The maximum atomic E-state index is 13.5. The normalized spacial score (nSPS) is 12.3. The van der Waals surface area contributed by atoms with Crippen LogP contribution < -0.4 is 10.5 Å². The number of nitrogens with two attached hydrogens (primary N) is 1. The van der Waals surface area contributed by atoms with E-state index in [0.717, 1.165) is 14.7 Å². The Hall–Kier alpha value is -0.660. The quantitative estimate of drug-likeness (QED) is 0.731. The van der Waals surface area contributed by atoms with Crippen LogP contribution in [0.3, 0.4) is 0 Å². The molecule has 2 nitrogen and oxygen atoms in total. The Labute approximate surface area is 133 Å². The fraction of sp³-hybridized carbons (Fsp3) is 0.143. The lowest BCUT2D eigenvalue weighted by atomic mass is 9.99. The molecule has 2 aromatic carbocycles. The molecule has 0 spiro atoms. The molecule has 0 aliphatic rings. The lowest BCUT2D eigenvalue weighted by molar-refractivity contribution is 0.404. The van der Waals surface area contributed by atoms with Crippen LogP contribution in [0.4, 0.5) is 4.39 Å². The molecule has 0 fully saturated rings. The molecule has 5 heteroatoms. The van der Waals surface area contributed by atoms with Crippen LogP contribution in [0.2, 0.25) is 0 Å². The first kappa shape index (κ1) is 14.7. The summed E-state index contributed by atoms with van der Waals surface area (Å²) >= 11 is 5.41. The lowest BCUT2D eigenvalue weighted by Crippen LogP contribution is -2.13. The van der Waals surface area contributed by atoms with Crippen molar-refractivity contribution >= 4 is 38.5 Å². The van der Waals surface area contributed by atoms with Gasteiger partial charge < -0.3 is 10.5 Å². The maximum absolute atomic E-state index is 13.5. The van der Waals surface area contributed by atoms with Crippen molar-refractivity contribution in [3.05, 3.63) is 61.4 Å². The van der Waals surface area contributed by atoms with E-state index in [1.165, 1.54) is 13.2 Å². The summed E-state index contributed by atoms with van der Waals surface area (Å²) < 4.78 is 20.2. The lowest BCUT2D eigenvalue weighted by Gasteiger charge is -2.17. The minimum atomic E-state index is -0.365. The minimum Gasteiger partial charge on any atom is -0.496 e. The highest BCUT2D eigenvalue weighted by Gasteiger charge is 2.16. The molecule has 19 heavy (non-hydrogen) atoms. The molecule has 100 valence electrons. The molecule has 1 atom stereocenters. The molecule has 0 aliphatic carbocycles. The molecule has 0 heterocycles. The van der Waals surface area contributed by atoms with Gasteiger partial charge >= 0.3 is 0 Å². The van der Waals surface area contributed by atoms with Gasteiger partial charge in [-0.2, -0.15) is 0 Å². The summed E-state index contributed by atoms with van der Waals surface area (Å²) in [5, 5.41) is 0. The van der Waals surface area contributed by atoms with E-state index in [0.29, 0.717) is 10.2 Å². The third-order valence-corrected chi connectivity index (χ3v) is 4.16. The van der Waals surface area contributed by atoms with Gasteiger partial charge in [-0.05, 0) is 62.3 Å². The van der Waals surface area contributed by atoms with Gasteiger partial charge in [0.05, 0.1) is 17.6 Å². The van der Waals surface area contributed by atoms with Crippen LogP contribution in [-0.2, 0) is 0 Å². The molecule has 0 radical (unpaired) electrons. The van der Waals surface area contributed by atoms with Crippen molar-refractivity contribution in [2.45, 2.75) is 6.04 Å². The Balaban J connectivity index is 2.45. The van der Waals surface area contributed by atoms with Crippen LogP contribution in [0.1, 0.15) is 17.2 Å². The fourth-order valence-electron chi connectivity index (χ4n) is 1.81. The van der Waals surface area contributed by atoms with Crippen molar-refractivity contribution in [1.82, 2.24) is 0 Å². The van der Waals surface area contributed by atoms with Gasteiger partial charge in [-0.15, -0.1) is 0 Å². The Kier molecular flexibility index (Phi) is 4.81. The van der Waals surface area contributed by atoms with Gasteiger partial charge in [0.1, 0.15) is 11.6 Å². The molecule has 2 rings (SSSR count). The van der Waals surface area contributed by atoms with Crippen LogP contribution in [0.5, 0.6) is 5.75 Å². The summed E-state index contributed by atoms with van der Waals surface area (Å²) in [6, 6.07) is 10.5. The van der Waals surface area contributed by atoms with Crippen molar-refractivity contribution < 1.29 is 9.13 Å². The van der Waals surface area contributed by atoms with E-state index in [2.05, 4.69) is 38.5 Å². The average molecular weight is 436 g/mol. The van der Waals surface area contributed by atoms with Crippen molar-refractivity contribution in [2.24, 2.45) is 5.73 Å². The van der Waals surface area contributed by atoms with Gasteiger partial charge in [0.2, 0.25) is 0 Å². The third-order valence-electron chi connectivity index (χ3n) is 2.84. The molecule has 1 unspecified atom stereocenters. The molecule has 0 aliphatic heterocycles. The van der Waals surface area contributed by atoms with E-state index in [1.54, 1.807) is 6.07 Å². The zero-order valence-electron chi connectivity index (χ0n) is 10.2. The molecule has 2 N–H and O–H groups in total. The highest BCUT2D eigenvalue weighted by atomic mass is 127. The average Bonchev–Trinajstić information content (AvgIpc) is 2.41. The maximum Gasteiger partial charge on any atom is 0.141 e. The molecule has 0 amide bonds. The molecular weight excluding hydrogens is 424 g/mol. The number of hydrogen-bond donors (Lipinski definition) is 1. The van der Waals surface area contributed by atoms with Gasteiger partial charge in [0.15, 0.2) is 0 Å². The number of ether oxygens (including phenoxy) is 1. The van der Waals surface area contributed by atoms with Gasteiger partial charge in [-0.25, -0.2) is 4.39 Å². The topological polar surface area (TPSA) is 35.2 Å². The monoisotopic (exact) mass is 435 g/mol. The van der Waals surface area contributed by atoms with Crippen LogP contribution in [0, 0.1) is 9.39 Å². The highest BCUT2D eigenvalue weighted by Crippen LogP contribution is 2.32. The summed E-state index contributed by atoms with van der Waals surface area (Å²) in [6.45, 7) is 0. The van der Waals surface area contributed by atoms with Crippen LogP contribution in [0.15, 0.2) is 40.9 Å². The van der Waals surface area contributed by atoms with Crippen molar-refractivity contribution in [3.63, 3.8) is 0 Å². The number of benzene rings is 2. The van der Waals surface area contributed by atoms with Crippen LogP contribution in [-0.4, -0.2) is 7.11 Å². The van der Waals surface area contributed by atoms with Crippen molar-refractivity contribution in [3.8, 4) is 5.75 Å². The van der Waals surface area contributed by atoms with Gasteiger partial charge in [-0.1, -0.05) is 12.1 Å². The molecular formula is C14H12BrFINO. The van der Waals surface area contributed by atoms with Crippen molar-refractivity contribution in [1.29, 1.82) is 0 Å². The largest absolute Gasteiger partial charge is 0.496 e. The number of methoxy groups -OCH3 is 1. The third kappa shape index (κ3) is 3.27. The Bertz CT molecular complexity index is 589. The second kappa shape index (κ2) is 6.19. The smallest absolute Gasteiger partial charge is 0.141 e. The fourth-order valence-corrected chi connectivity index (χ4v) is 2.53. The zero-order chi connectivity index (χ0) is 14.0. The summed E-state index contributed by atoms with van der Waals surface area (Å²) in [7, 11) is 1.51. The molecule has 0 saturated carbocycles. The van der Waals surface area contributed by atoms with E-state index in [9.17, 15) is 4.39 Å². The van der Waals surface area contributed by atoms with E-state index < -0.39 is 0 Å². The molecule has 0 saturated heterocycles. The molecule has 2 aromatic rings. The van der Waals surface area contributed by atoms with Crippen LogP contribution >= 0.6 is 38.5 Å². The first-order valence-electron chi connectivity index (χ1n) is 5.57. The number of halogens is 3. The Morgan fingerprint density at radius 2 is 1.89 bits per heavy atom. The highest BCUT2D eigenvalue weighted by molar-refractivity contribution is 14.1. The minimum absolute atomic E-state index is 0.358. The zero-order valence-corrected chi connectivity index (χ0v) is 13.9. The summed E-state index contributed by atoms with van der Waals surface area (Å²) in [4.78, 5) is 0. The predicted octanol–water partition coefficient (Wildman–Crippen LogP) is 4.25. The number of rotatable bonds is 3. The van der Waals surface area contributed by atoms with E-state index in [-0.39, 0.29) is 11.9 Å². The molecule has 0 aromatic heterocycles. The first-order valence-corrected chi connectivity index (χ1v) is 7.44. The Morgan fingerprint density at radius 1 is 1.26 bits per heavy atom. The second-order valence-corrected chi connectivity index (χ2v) is 6.14. The van der Waals surface area contributed by atoms with Gasteiger partial charge in [0, 0.05) is 15.2 Å². The van der Waals surface area contributed by atoms with Gasteiger partial charge in [0.25, 0.3) is 0 Å². The first-order chi connectivity index (χ1) is 9.02. The Morgan fingerprint density at radius 3 is 2.47 bits per heavy atom. The van der Waals surface area contributed by atoms with E-state index >= 15 is 0 Å². The summed E-state index contributed by atoms with van der Waals surface area (Å²) in [6.07, 6.45) is 0. The SMILES string of the molecule is COc1cc(F)c(Br)cc1C(N)c1ccc(I)cc1. The van der Waals surface area contributed by atoms with Crippen LogP contribution in [0.25, 0.3) is 0 Å². The summed E-state index contributed by atoms with van der Waals surface area (Å²) in [5.74, 6) is 0.0853. The number of hydrogen-bond acceptors (Lipinski definition) is 2. The van der Waals surface area contributed by atoms with Crippen molar-refractivity contribution in [2.75, 3.05) is 7.11 Å².